The third-order valence-electron chi connectivity index (χ3n) is 8.17. The molecule has 2 aromatic rings. The summed E-state index contributed by atoms with van der Waals surface area (Å²) >= 11 is 0. The lowest BCUT2D eigenvalue weighted by atomic mass is 9.90. The first-order chi connectivity index (χ1) is 14.8. The van der Waals surface area contributed by atoms with E-state index < -0.39 is 11.7 Å². The van der Waals surface area contributed by atoms with E-state index in [2.05, 4.69) is 20.2 Å². The molecule has 1 N–H and O–H groups in total. The summed E-state index contributed by atoms with van der Waals surface area (Å²) in [6.45, 7) is 1.20. The van der Waals surface area contributed by atoms with Crippen LogP contribution >= 0.6 is 0 Å². The summed E-state index contributed by atoms with van der Waals surface area (Å²) in [5, 5.41) is 3.34. The standard InChI is InChI=1S/C23H25F3N4O/c24-23(25,26)15-3-4-18(20-19(15)27-7-8-28-20)30-11-16(22(12-30)5-6-22)21(31)29-17-10-13-1-2-14(17)9-13/h3-4,7-8,13-14,16-17H,1-2,5-6,9-12H2,(H,29,31). The Bertz CT molecular complexity index is 1050. The van der Waals surface area contributed by atoms with Crippen LogP contribution in [0.4, 0.5) is 18.9 Å². The maximum Gasteiger partial charge on any atom is 0.418 e. The highest BCUT2D eigenvalue weighted by Gasteiger charge is 2.58. The molecule has 164 valence electrons. The number of nitrogens with zero attached hydrogens (tertiary/aromatic N) is 3. The molecule has 1 aromatic heterocycles. The smallest absolute Gasteiger partial charge is 0.368 e. The van der Waals surface area contributed by atoms with E-state index in [1.54, 1.807) is 0 Å². The predicted molar refractivity (Wildman–Crippen MR) is 109 cm³/mol. The fourth-order valence-electron chi connectivity index (χ4n) is 6.41. The van der Waals surface area contributed by atoms with Gasteiger partial charge < -0.3 is 10.2 Å². The van der Waals surface area contributed by atoms with Crippen LogP contribution in [0.25, 0.3) is 11.0 Å². The van der Waals surface area contributed by atoms with E-state index in [9.17, 15) is 18.0 Å². The molecule has 5 nitrogen and oxygen atoms in total. The van der Waals surface area contributed by atoms with Crippen LogP contribution in [0.1, 0.15) is 44.1 Å². The summed E-state index contributed by atoms with van der Waals surface area (Å²) in [7, 11) is 0. The summed E-state index contributed by atoms with van der Waals surface area (Å²) in [4.78, 5) is 23.5. The summed E-state index contributed by atoms with van der Waals surface area (Å²) in [5.41, 5.74) is -0.0729. The monoisotopic (exact) mass is 430 g/mol. The molecule has 2 heterocycles. The van der Waals surface area contributed by atoms with Crippen molar-refractivity contribution in [1.82, 2.24) is 15.3 Å². The van der Waals surface area contributed by atoms with Gasteiger partial charge in [0.15, 0.2) is 0 Å². The number of hydrogen-bond acceptors (Lipinski definition) is 4. The highest BCUT2D eigenvalue weighted by molar-refractivity contribution is 5.92. The maximum atomic E-state index is 13.5. The Labute approximate surface area is 178 Å². The molecule has 3 aliphatic carbocycles. The van der Waals surface area contributed by atoms with Gasteiger partial charge in [-0.25, -0.2) is 0 Å². The highest BCUT2D eigenvalue weighted by atomic mass is 19.4. The van der Waals surface area contributed by atoms with Gasteiger partial charge in [0.05, 0.1) is 17.2 Å². The molecule has 6 rings (SSSR count). The molecular weight excluding hydrogens is 405 g/mol. The lowest BCUT2D eigenvalue weighted by Crippen LogP contribution is -2.44. The molecule has 4 aliphatic rings. The Morgan fingerprint density at radius 2 is 1.87 bits per heavy atom. The zero-order valence-electron chi connectivity index (χ0n) is 17.2. The first kappa shape index (κ1) is 19.3. The van der Waals surface area contributed by atoms with Crippen LogP contribution in [0.3, 0.4) is 0 Å². The molecule has 3 saturated carbocycles. The van der Waals surface area contributed by atoms with Crippen molar-refractivity contribution in [2.24, 2.45) is 23.2 Å². The first-order valence-electron chi connectivity index (χ1n) is 11.2. The number of amides is 1. The minimum atomic E-state index is -4.49. The topological polar surface area (TPSA) is 58.1 Å². The first-order valence-corrected chi connectivity index (χ1v) is 11.2. The molecule has 1 saturated heterocycles. The second kappa shape index (κ2) is 6.56. The van der Waals surface area contributed by atoms with Gasteiger partial charge in [-0.1, -0.05) is 6.42 Å². The van der Waals surface area contributed by atoms with E-state index in [1.165, 1.54) is 37.7 Å². The second-order valence-corrected chi connectivity index (χ2v) is 9.97. The van der Waals surface area contributed by atoms with Crippen molar-refractivity contribution >= 4 is 22.6 Å². The summed E-state index contributed by atoms with van der Waals surface area (Å²) in [6.07, 6.45) is 5.05. The molecule has 2 bridgehead atoms. The van der Waals surface area contributed by atoms with Crippen LogP contribution in [-0.2, 0) is 11.0 Å². The number of hydrogen-bond donors (Lipinski definition) is 1. The Balaban J connectivity index is 1.28. The lowest BCUT2D eigenvalue weighted by Gasteiger charge is -2.26. The van der Waals surface area contributed by atoms with E-state index in [4.69, 9.17) is 0 Å². The van der Waals surface area contributed by atoms with E-state index in [0.717, 1.165) is 31.2 Å². The lowest BCUT2D eigenvalue weighted by molar-refractivity contribution is -0.136. The van der Waals surface area contributed by atoms with Gasteiger partial charge in [0.1, 0.15) is 11.0 Å². The minimum absolute atomic E-state index is 0.0566. The van der Waals surface area contributed by atoms with Crippen molar-refractivity contribution in [2.75, 3.05) is 18.0 Å². The van der Waals surface area contributed by atoms with Gasteiger partial charge in [-0.05, 0) is 56.1 Å². The number of nitrogens with one attached hydrogen (secondary N) is 1. The normalized spacial score (nSPS) is 31.0. The van der Waals surface area contributed by atoms with Crippen LogP contribution in [0.2, 0.25) is 0 Å². The number of aromatic nitrogens is 2. The van der Waals surface area contributed by atoms with Gasteiger partial charge in [0.2, 0.25) is 5.91 Å². The Kier molecular flexibility index (Phi) is 4.09. The van der Waals surface area contributed by atoms with Crippen LogP contribution in [0.15, 0.2) is 24.5 Å². The molecule has 4 unspecified atom stereocenters. The largest absolute Gasteiger partial charge is 0.418 e. The van der Waals surface area contributed by atoms with Crippen molar-refractivity contribution in [2.45, 2.75) is 50.7 Å². The fraction of sp³-hybridized carbons (Fsp3) is 0.609. The predicted octanol–water partition coefficient (Wildman–Crippen LogP) is 4.17. The zero-order chi connectivity index (χ0) is 21.4. The van der Waals surface area contributed by atoms with Crippen LogP contribution in [0, 0.1) is 23.2 Å². The van der Waals surface area contributed by atoms with Crippen molar-refractivity contribution in [3.8, 4) is 0 Å². The van der Waals surface area contributed by atoms with Gasteiger partial charge in [-0.3, -0.25) is 14.8 Å². The van der Waals surface area contributed by atoms with Gasteiger partial charge in [-0.15, -0.1) is 0 Å². The van der Waals surface area contributed by atoms with Gasteiger partial charge in [-0.2, -0.15) is 13.2 Å². The summed E-state index contributed by atoms with van der Waals surface area (Å²) < 4.78 is 40.4. The molecule has 4 fully saturated rings. The second-order valence-electron chi connectivity index (χ2n) is 9.97. The van der Waals surface area contributed by atoms with Gasteiger partial charge in [0.25, 0.3) is 0 Å². The van der Waals surface area contributed by atoms with Crippen molar-refractivity contribution in [1.29, 1.82) is 0 Å². The van der Waals surface area contributed by atoms with E-state index >= 15 is 0 Å². The SMILES string of the molecule is O=C(NC1CC2CCC1C2)C1CN(c2ccc(C(F)(F)F)c3nccnc23)CC12CC2. The fourth-order valence-corrected chi connectivity index (χ4v) is 6.41. The third kappa shape index (κ3) is 3.09. The number of carbonyl (C=O) groups is 1. The average Bonchev–Trinajstić information content (AvgIpc) is 3.06. The molecule has 31 heavy (non-hydrogen) atoms. The molecule has 1 aromatic carbocycles. The van der Waals surface area contributed by atoms with Crippen LogP contribution < -0.4 is 10.2 Å². The number of rotatable bonds is 3. The number of fused-ring (bicyclic) bond motifs is 3. The number of alkyl halides is 3. The Hall–Kier alpha value is -2.38. The molecule has 8 heteroatoms. The Morgan fingerprint density at radius 3 is 2.52 bits per heavy atom. The highest BCUT2D eigenvalue weighted by Crippen LogP contribution is 2.57. The molecule has 1 spiro atoms. The molecule has 0 radical (unpaired) electrons. The summed E-state index contributed by atoms with van der Waals surface area (Å²) in [6, 6.07) is 2.88. The third-order valence-corrected chi connectivity index (χ3v) is 8.17. The molecule has 1 amide bonds. The van der Waals surface area contributed by atoms with Crippen LogP contribution in [-0.4, -0.2) is 35.0 Å². The van der Waals surface area contributed by atoms with Crippen molar-refractivity contribution < 1.29 is 18.0 Å². The van der Waals surface area contributed by atoms with E-state index in [0.29, 0.717) is 30.7 Å². The number of benzene rings is 1. The number of anilines is 1. The van der Waals surface area contributed by atoms with E-state index in [1.807, 2.05) is 0 Å². The van der Waals surface area contributed by atoms with Crippen LogP contribution in [0.5, 0.6) is 0 Å². The molecule has 4 atom stereocenters. The quantitative estimate of drug-likeness (QED) is 0.794. The Morgan fingerprint density at radius 1 is 1.10 bits per heavy atom. The average molecular weight is 430 g/mol. The van der Waals surface area contributed by atoms with E-state index in [-0.39, 0.29) is 28.3 Å². The summed E-state index contributed by atoms with van der Waals surface area (Å²) in [5.74, 6) is 1.39. The molecular formula is C23H25F3N4O. The van der Waals surface area contributed by atoms with Crippen molar-refractivity contribution in [3.05, 3.63) is 30.1 Å². The number of halogens is 3. The zero-order valence-corrected chi connectivity index (χ0v) is 17.2. The maximum absolute atomic E-state index is 13.5. The number of carbonyl (C=O) groups excluding carboxylic acids is 1. The van der Waals surface area contributed by atoms with Gasteiger partial charge >= 0.3 is 6.18 Å². The molecule has 1 aliphatic heterocycles. The van der Waals surface area contributed by atoms with Gasteiger partial charge in [0, 0.05) is 36.9 Å². The van der Waals surface area contributed by atoms with Crippen molar-refractivity contribution in [3.63, 3.8) is 0 Å². The minimum Gasteiger partial charge on any atom is -0.368 e.